The molecule has 170 valence electrons. The number of methoxy groups -OCH3 is 1. The van der Waals surface area contributed by atoms with E-state index in [0.717, 1.165) is 39.1 Å². The number of aryl methyl sites for hydroxylation is 2. The molecule has 0 amide bonds. The third-order valence-electron chi connectivity index (χ3n) is 7.84. The lowest BCUT2D eigenvalue weighted by Crippen LogP contribution is -2.46. The Morgan fingerprint density at radius 1 is 0.971 bits per heavy atom. The highest BCUT2D eigenvalue weighted by Crippen LogP contribution is 2.60. The molecular weight excluding hydrogens is 422 g/mol. The third-order valence-corrected chi connectivity index (χ3v) is 7.84. The van der Waals surface area contributed by atoms with Gasteiger partial charge in [-0.1, -0.05) is 54.6 Å². The quantitative estimate of drug-likeness (QED) is 0.404. The van der Waals surface area contributed by atoms with Gasteiger partial charge >= 0.3 is 5.97 Å². The molecule has 3 aromatic carbocycles. The van der Waals surface area contributed by atoms with E-state index < -0.39 is 11.5 Å². The number of ether oxygens (including phenoxy) is 1. The van der Waals surface area contributed by atoms with Crippen molar-refractivity contribution in [1.82, 2.24) is 14.9 Å². The molecule has 2 aliphatic rings. The van der Waals surface area contributed by atoms with Gasteiger partial charge in [0.2, 0.25) is 0 Å². The number of fused-ring (bicyclic) bond motifs is 6. The maximum atomic E-state index is 13.6. The molecule has 1 aromatic heterocycles. The molecule has 1 aliphatic heterocycles. The molecule has 0 radical (unpaired) electrons. The smallest absolute Gasteiger partial charge is 0.312 e. The van der Waals surface area contributed by atoms with Gasteiger partial charge in [-0.25, -0.2) is 9.97 Å². The van der Waals surface area contributed by atoms with Crippen LogP contribution in [-0.2, 0) is 15.1 Å². The minimum absolute atomic E-state index is 0.0325. The summed E-state index contributed by atoms with van der Waals surface area (Å²) in [4.78, 5) is 26.2. The van der Waals surface area contributed by atoms with Crippen LogP contribution in [0.2, 0.25) is 0 Å². The van der Waals surface area contributed by atoms with Gasteiger partial charge in [0.25, 0.3) is 0 Å². The van der Waals surface area contributed by atoms with Crippen molar-refractivity contribution >= 4 is 17.0 Å². The molecule has 2 heterocycles. The van der Waals surface area contributed by atoms with Crippen LogP contribution in [0.4, 0.5) is 0 Å². The van der Waals surface area contributed by atoms with Crippen LogP contribution in [0.15, 0.2) is 66.7 Å². The summed E-state index contributed by atoms with van der Waals surface area (Å²) in [7, 11) is 3.58. The summed E-state index contributed by atoms with van der Waals surface area (Å²) < 4.78 is 5.46. The molecule has 1 fully saturated rings. The van der Waals surface area contributed by atoms with Crippen LogP contribution in [0.3, 0.4) is 0 Å². The fraction of sp³-hybridized carbons (Fsp3) is 0.276. The molecule has 34 heavy (non-hydrogen) atoms. The van der Waals surface area contributed by atoms with E-state index >= 15 is 0 Å². The second-order valence-electron chi connectivity index (χ2n) is 9.56. The van der Waals surface area contributed by atoms with Gasteiger partial charge in [0.15, 0.2) is 0 Å². The van der Waals surface area contributed by atoms with Crippen molar-refractivity contribution in [3.8, 4) is 11.3 Å². The summed E-state index contributed by atoms with van der Waals surface area (Å²) in [6, 6.07) is 22.8. The number of benzene rings is 3. The average molecular weight is 450 g/mol. The van der Waals surface area contributed by atoms with Crippen LogP contribution in [-0.4, -0.2) is 41.5 Å². The zero-order valence-electron chi connectivity index (χ0n) is 19.9. The van der Waals surface area contributed by atoms with E-state index in [2.05, 4.69) is 62.2 Å². The lowest BCUT2D eigenvalue weighted by atomic mass is 9.73. The Morgan fingerprint density at radius 3 is 2.32 bits per heavy atom. The highest BCUT2D eigenvalue weighted by molar-refractivity contribution is 5.88. The molecule has 5 nitrogen and oxygen atoms in total. The predicted molar refractivity (Wildman–Crippen MR) is 133 cm³/mol. The fourth-order valence-electron chi connectivity index (χ4n) is 6.15. The molecule has 6 rings (SSSR count). The fourth-order valence-corrected chi connectivity index (χ4v) is 6.15. The monoisotopic (exact) mass is 449 g/mol. The van der Waals surface area contributed by atoms with Gasteiger partial charge in [-0.3, -0.25) is 9.69 Å². The first-order chi connectivity index (χ1) is 16.5. The molecule has 0 unspecified atom stereocenters. The van der Waals surface area contributed by atoms with Crippen molar-refractivity contribution in [3.05, 3.63) is 94.7 Å². The van der Waals surface area contributed by atoms with E-state index in [1.165, 1.54) is 18.2 Å². The van der Waals surface area contributed by atoms with E-state index in [1.807, 2.05) is 30.3 Å². The topological polar surface area (TPSA) is 55.3 Å². The normalized spacial score (nSPS) is 23.3. The predicted octanol–water partition coefficient (Wildman–Crippen LogP) is 4.99. The van der Waals surface area contributed by atoms with Crippen molar-refractivity contribution in [2.75, 3.05) is 20.7 Å². The van der Waals surface area contributed by atoms with Crippen LogP contribution in [0.25, 0.3) is 22.3 Å². The van der Waals surface area contributed by atoms with Crippen LogP contribution in [0.5, 0.6) is 0 Å². The standard InChI is InChI=1S/C29H27N3O2/c1-17-14-23-24(15-18(17)2)31-27-26(30-23)20-12-8-9-13-22(20)29(27)25(28(33)34-4)21(16-32(29)3)19-10-6-5-7-11-19/h5-15,21,25H,16H2,1-4H3/t21-,25+,29-/m0/s1. The van der Waals surface area contributed by atoms with Crippen LogP contribution < -0.4 is 0 Å². The molecule has 3 atom stereocenters. The first-order valence-electron chi connectivity index (χ1n) is 11.7. The number of nitrogens with zero attached hydrogens (tertiary/aromatic N) is 3. The number of aromatic nitrogens is 2. The van der Waals surface area contributed by atoms with Crippen molar-refractivity contribution in [1.29, 1.82) is 0 Å². The maximum absolute atomic E-state index is 13.6. The van der Waals surface area contributed by atoms with Gasteiger partial charge in [0, 0.05) is 18.0 Å². The SMILES string of the molecule is COC(=O)[C@H]1[C@H](c2ccccc2)CN(C)[C@@]12c1ccccc1-c1nc3cc(C)c(C)cc3nc12. The number of hydrogen-bond acceptors (Lipinski definition) is 5. The van der Waals surface area contributed by atoms with E-state index in [-0.39, 0.29) is 11.9 Å². The minimum Gasteiger partial charge on any atom is -0.469 e. The minimum atomic E-state index is -0.750. The summed E-state index contributed by atoms with van der Waals surface area (Å²) in [5.41, 5.74) is 8.31. The lowest BCUT2D eigenvalue weighted by Gasteiger charge is -2.37. The summed E-state index contributed by atoms with van der Waals surface area (Å²) in [5, 5.41) is 0. The third kappa shape index (κ3) is 2.67. The van der Waals surface area contributed by atoms with Gasteiger partial charge in [-0.05, 0) is 55.3 Å². The lowest BCUT2D eigenvalue weighted by molar-refractivity contribution is -0.148. The molecule has 5 heteroatoms. The second kappa shape index (κ2) is 7.47. The van der Waals surface area contributed by atoms with Crippen LogP contribution >= 0.6 is 0 Å². The van der Waals surface area contributed by atoms with Crippen LogP contribution in [0.1, 0.15) is 33.9 Å². The molecule has 0 N–H and O–H groups in total. The summed E-state index contributed by atoms with van der Waals surface area (Å²) in [5.74, 6) is -0.705. The number of likely N-dealkylation sites (N-methyl/N-ethyl adjacent to an activating group) is 1. The zero-order valence-corrected chi connectivity index (χ0v) is 19.9. The van der Waals surface area contributed by atoms with Gasteiger partial charge in [-0.2, -0.15) is 0 Å². The number of carbonyl (C=O) groups excluding carboxylic acids is 1. The Morgan fingerprint density at radius 2 is 1.62 bits per heavy atom. The van der Waals surface area contributed by atoms with Gasteiger partial charge in [0.1, 0.15) is 5.54 Å². The van der Waals surface area contributed by atoms with Gasteiger partial charge in [0.05, 0.1) is 35.4 Å². The molecular formula is C29H27N3O2. The van der Waals surface area contributed by atoms with E-state index in [1.54, 1.807) is 0 Å². The Kier molecular flexibility index (Phi) is 4.61. The Balaban J connectivity index is 1.69. The number of hydrogen-bond donors (Lipinski definition) is 0. The molecule has 1 spiro atoms. The van der Waals surface area contributed by atoms with Crippen LogP contribution in [0, 0.1) is 19.8 Å². The molecule has 4 aromatic rings. The summed E-state index contributed by atoms with van der Waals surface area (Å²) >= 11 is 0. The number of rotatable bonds is 2. The van der Waals surface area contributed by atoms with Gasteiger partial charge in [-0.15, -0.1) is 0 Å². The molecule has 0 saturated carbocycles. The Hall–Kier alpha value is -3.57. The number of esters is 1. The molecule has 1 aliphatic carbocycles. The number of carbonyl (C=O) groups is 1. The summed E-state index contributed by atoms with van der Waals surface area (Å²) in [6.07, 6.45) is 0. The second-order valence-corrected chi connectivity index (χ2v) is 9.56. The number of likely N-dealkylation sites (tertiary alicyclic amines) is 1. The Labute approximate surface area is 199 Å². The van der Waals surface area contributed by atoms with E-state index in [9.17, 15) is 4.79 Å². The first-order valence-corrected chi connectivity index (χ1v) is 11.7. The van der Waals surface area contributed by atoms with Gasteiger partial charge < -0.3 is 4.74 Å². The first kappa shape index (κ1) is 21.0. The molecule has 0 bridgehead atoms. The van der Waals surface area contributed by atoms with Crippen molar-refractivity contribution in [2.45, 2.75) is 25.3 Å². The Bertz CT molecular complexity index is 1450. The van der Waals surface area contributed by atoms with E-state index in [0.29, 0.717) is 6.54 Å². The summed E-state index contributed by atoms with van der Waals surface area (Å²) in [6.45, 7) is 4.91. The largest absolute Gasteiger partial charge is 0.469 e. The highest BCUT2D eigenvalue weighted by atomic mass is 16.5. The highest BCUT2D eigenvalue weighted by Gasteiger charge is 2.63. The van der Waals surface area contributed by atoms with Crippen molar-refractivity contribution < 1.29 is 9.53 Å². The van der Waals surface area contributed by atoms with Crippen molar-refractivity contribution in [2.24, 2.45) is 5.92 Å². The van der Waals surface area contributed by atoms with E-state index in [4.69, 9.17) is 14.7 Å². The average Bonchev–Trinajstić information content (AvgIpc) is 3.32. The zero-order chi connectivity index (χ0) is 23.6. The maximum Gasteiger partial charge on any atom is 0.312 e. The van der Waals surface area contributed by atoms with Crippen molar-refractivity contribution in [3.63, 3.8) is 0 Å². The molecule has 1 saturated heterocycles.